The second-order valence-electron chi connectivity index (χ2n) is 6.01. The van der Waals surface area contributed by atoms with Crippen LogP contribution >= 0.6 is 0 Å². The van der Waals surface area contributed by atoms with Crippen LogP contribution in [0.3, 0.4) is 0 Å². The van der Waals surface area contributed by atoms with E-state index in [0.717, 1.165) is 10.8 Å². The quantitative estimate of drug-likeness (QED) is 0.469. The van der Waals surface area contributed by atoms with E-state index >= 15 is 0 Å². The first-order chi connectivity index (χ1) is 13.2. The highest BCUT2D eigenvalue weighted by molar-refractivity contribution is 7.87. The molecule has 3 rings (SSSR count). The van der Waals surface area contributed by atoms with Crippen LogP contribution in [0.2, 0.25) is 0 Å². The van der Waals surface area contributed by atoms with Gasteiger partial charge in [-0.2, -0.15) is 8.42 Å². The molecule has 0 saturated carbocycles. The minimum atomic E-state index is -4.47. The van der Waals surface area contributed by atoms with Crippen LogP contribution in [0.5, 0.6) is 5.75 Å². The Morgan fingerprint density at radius 1 is 0.893 bits per heavy atom. The molecule has 0 fully saturated rings. The summed E-state index contributed by atoms with van der Waals surface area (Å²) in [7, 11) is -1.97. The zero-order chi connectivity index (χ0) is 20.5. The van der Waals surface area contributed by atoms with Crippen molar-refractivity contribution in [3.8, 4) is 5.75 Å². The minimum Gasteiger partial charge on any atom is -0.379 e. The van der Waals surface area contributed by atoms with Gasteiger partial charge in [-0.25, -0.2) is 4.79 Å². The van der Waals surface area contributed by atoms with Gasteiger partial charge in [0, 0.05) is 31.4 Å². The molecule has 0 bridgehead atoms. The summed E-state index contributed by atoms with van der Waals surface area (Å²) in [6.07, 6.45) is 0.910. The van der Waals surface area contributed by atoms with Gasteiger partial charge in [0.1, 0.15) is 5.75 Å². The van der Waals surface area contributed by atoms with E-state index < -0.39 is 26.3 Å². The van der Waals surface area contributed by atoms with Crippen molar-refractivity contribution in [1.29, 1.82) is 0 Å². The molecule has 0 radical (unpaired) electrons. The van der Waals surface area contributed by atoms with Gasteiger partial charge >= 0.3 is 15.8 Å². The zero-order valence-corrected chi connectivity index (χ0v) is 15.8. The van der Waals surface area contributed by atoms with Crippen molar-refractivity contribution < 1.29 is 17.4 Å². The number of hydrogen-bond acceptors (Lipinski definition) is 6. The van der Waals surface area contributed by atoms with E-state index in [4.69, 9.17) is 4.18 Å². The molecule has 0 spiro atoms. The van der Waals surface area contributed by atoms with Gasteiger partial charge in [0.2, 0.25) is 0 Å². The SMILES string of the molecule is Cn1cc(S(=O)(=O)Oc2ccc(C(=O)c3ccccc3)cc2)c(=O)n(C)c1=O. The van der Waals surface area contributed by atoms with E-state index in [1.807, 2.05) is 0 Å². The molecule has 0 N–H and O–H groups in total. The van der Waals surface area contributed by atoms with Crippen molar-refractivity contribution in [2.24, 2.45) is 14.1 Å². The van der Waals surface area contributed by atoms with Crippen molar-refractivity contribution in [2.75, 3.05) is 0 Å². The van der Waals surface area contributed by atoms with Crippen LogP contribution in [0.25, 0.3) is 0 Å². The summed E-state index contributed by atoms with van der Waals surface area (Å²) in [5.41, 5.74) is -0.793. The predicted molar refractivity (Wildman–Crippen MR) is 101 cm³/mol. The normalized spacial score (nSPS) is 11.2. The van der Waals surface area contributed by atoms with Crippen LogP contribution in [0.4, 0.5) is 0 Å². The van der Waals surface area contributed by atoms with Crippen LogP contribution in [0.15, 0.2) is 75.3 Å². The van der Waals surface area contributed by atoms with Gasteiger partial charge in [0.05, 0.1) is 0 Å². The van der Waals surface area contributed by atoms with Gasteiger partial charge in [0.25, 0.3) is 5.56 Å². The van der Waals surface area contributed by atoms with Crippen molar-refractivity contribution in [3.63, 3.8) is 0 Å². The number of benzene rings is 2. The zero-order valence-electron chi connectivity index (χ0n) is 15.0. The van der Waals surface area contributed by atoms with E-state index in [-0.39, 0.29) is 11.5 Å². The van der Waals surface area contributed by atoms with Gasteiger partial charge in [0.15, 0.2) is 10.7 Å². The molecule has 0 aliphatic heterocycles. The lowest BCUT2D eigenvalue weighted by Crippen LogP contribution is -2.39. The number of aromatic nitrogens is 2. The van der Waals surface area contributed by atoms with Crippen LogP contribution in [-0.2, 0) is 24.2 Å². The third kappa shape index (κ3) is 3.65. The van der Waals surface area contributed by atoms with Gasteiger partial charge in [-0.05, 0) is 24.3 Å². The van der Waals surface area contributed by atoms with E-state index in [0.29, 0.717) is 15.7 Å². The Labute approximate surface area is 160 Å². The first-order valence-electron chi connectivity index (χ1n) is 8.11. The Kier molecular flexibility index (Phi) is 5.02. The number of carbonyl (C=O) groups is 1. The lowest BCUT2D eigenvalue weighted by atomic mass is 10.0. The highest BCUT2D eigenvalue weighted by Gasteiger charge is 2.24. The first-order valence-corrected chi connectivity index (χ1v) is 9.52. The molecule has 1 aromatic heterocycles. The number of aryl methyl sites for hydroxylation is 1. The van der Waals surface area contributed by atoms with Crippen LogP contribution < -0.4 is 15.4 Å². The van der Waals surface area contributed by atoms with Crippen molar-refractivity contribution in [1.82, 2.24) is 9.13 Å². The molecular formula is C19H16N2O6S. The van der Waals surface area contributed by atoms with E-state index in [1.54, 1.807) is 30.3 Å². The molecule has 9 heteroatoms. The molecule has 0 amide bonds. The third-order valence-corrected chi connectivity index (χ3v) is 5.27. The average molecular weight is 400 g/mol. The number of hydrogen-bond donors (Lipinski definition) is 0. The van der Waals surface area contributed by atoms with Crippen LogP contribution in [0.1, 0.15) is 15.9 Å². The Hall–Kier alpha value is -3.46. The number of rotatable bonds is 5. The largest absolute Gasteiger partial charge is 0.379 e. The monoisotopic (exact) mass is 400 g/mol. The third-order valence-electron chi connectivity index (χ3n) is 4.04. The van der Waals surface area contributed by atoms with Crippen LogP contribution in [0, 0.1) is 0 Å². The van der Waals surface area contributed by atoms with Gasteiger partial charge in [-0.1, -0.05) is 30.3 Å². The summed E-state index contributed by atoms with van der Waals surface area (Å²) in [5.74, 6) is -0.289. The summed E-state index contributed by atoms with van der Waals surface area (Å²) < 4.78 is 31.6. The van der Waals surface area contributed by atoms with Gasteiger partial charge < -0.3 is 8.75 Å². The van der Waals surface area contributed by atoms with E-state index in [1.165, 1.54) is 38.4 Å². The maximum Gasteiger partial charge on any atom is 0.346 e. The minimum absolute atomic E-state index is 0.0690. The van der Waals surface area contributed by atoms with Crippen molar-refractivity contribution in [2.45, 2.75) is 4.90 Å². The molecule has 28 heavy (non-hydrogen) atoms. The van der Waals surface area contributed by atoms with E-state index in [2.05, 4.69) is 0 Å². The van der Waals surface area contributed by atoms with Crippen LogP contribution in [-0.4, -0.2) is 23.3 Å². The highest BCUT2D eigenvalue weighted by Crippen LogP contribution is 2.19. The fraction of sp³-hybridized carbons (Fsp3) is 0.105. The molecule has 0 saturated heterocycles. The van der Waals surface area contributed by atoms with Crippen molar-refractivity contribution in [3.05, 3.63) is 92.8 Å². The topological polar surface area (TPSA) is 104 Å². The maximum atomic E-state index is 12.5. The second-order valence-corrected chi connectivity index (χ2v) is 7.52. The standard InChI is InChI=1S/C19H16N2O6S/c1-20-12-16(18(23)21(2)19(20)24)28(25,26)27-15-10-8-14(9-11-15)17(22)13-6-4-3-5-7-13/h3-12H,1-2H3. The Morgan fingerprint density at radius 3 is 2.07 bits per heavy atom. The Morgan fingerprint density at radius 2 is 1.46 bits per heavy atom. The molecule has 3 aromatic rings. The predicted octanol–water partition coefficient (Wildman–Crippen LogP) is 1.08. The average Bonchev–Trinajstić information content (AvgIpc) is 2.69. The number of carbonyl (C=O) groups excluding carboxylic acids is 1. The molecule has 0 aliphatic carbocycles. The molecule has 2 aromatic carbocycles. The molecule has 0 aliphatic rings. The lowest BCUT2D eigenvalue weighted by molar-refractivity contribution is 0.103. The second kappa shape index (κ2) is 7.28. The van der Waals surface area contributed by atoms with E-state index in [9.17, 15) is 22.8 Å². The molecule has 1 heterocycles. The van der Waals surface area contributed by atoms with Crippen molar-refractivity contribution >= 4 is 15.9 Å². The molecular weight excluding hydrogens is 384 g/mol. The molecule has 8 nitrogen and oxygen atoms in total. The summed E-state index contributed by atoms with van der Waals surface area (Å²) in [6, 6.07) is 14.1. The molecule has 0 atom stereocenters. The summed E-state index contributed by atoms with van der Waals surface area (Å²) in [4.78, 5) is 35.5. The first kappa shape index (κ1) is 19.3. The summed E-state index contributed by atoms with van der Waals surface area (Å²) in [5, 5.41) is 0. The smallest absolute Gasteiger partial charge is 0.346 e. The summed E-state index contributed by atoms with van der Waals surface area (Å²) in [6.45, 7) is 0. The molecule has 0 unspecified atom stereocenters. The Balaban J connectivity index is 1.89. The summed E-state index contributed by atoms with van der Waals surface area (Å²) >= 11 is 0. The maximum absolute atomic E-state index is 12.5. The fourth-order valence-electron chi connectivity index (χ4n) is 2.54. The Bertz CT molecular complexity index is 1260. The number of ketones is 1. The fourth-order valence-corrected chi connectivity index (χ4v) is 3.63. The number of nitrogens with zero attached hydrogens (tertiary/aromatic N) is 2. The highest BCUT2D eigenvalue weighted by atomic mass is 32.2. The van der Waals surface area contributed by atoms with Gasteiger partial charge in [-0.3, -0.25) is 14.2 Å². The lowest BCUT2D eigenvalue weighted by Gasteiger charge is -2.09. The van der Waals surface area contributed by atoms with Gasteiger partial charge in [-0.15, -0.1) is 0 Å². The molecule has 144 valence electrons.